The van der Waals surface area contributed by atoms with Crippen LogP contribution in [0.1, 0.15) is 290 Å². The van der Waals surface area contributed by atoms with Crippen molar-refractivity contribution >= 4 is 17.9 Å². The van der Waals surface area contributed by atoms with Gasteiger partial charge < -0.3 is 14.2 Å². The Labute approximate surface area is 427 Å². The molecule has 0 radical (unpaired) electrons. The van der Waals surface area contributed by atoms with E-state index in [9.17, 15) is 14.4 Å². The molecule has 0 aliphatic carbocycles. The van der Waals surface area contributed by atoms with Gasteiger partial charge in [-0.3, -0.25) is 14.4 Å². The first-order valence-corrected chi connectivity index (χ1v) is 29.4. The van der Waals surface area contributed by atoms with Crippen LogP contribution in [0.3, 0.4) is 0 Å². The van der Waals surface area contributed by atoms with Crippen molar-refractivity contribution in [3.63, 3.8) is 0 Å². The molecule has 398 valence electrons. The molecule has 0 spiro atoms. The maximum atomic E-state index is 12.9. The molecule has 0 fully saturated rings. The van der Waals surface area contributed by atoms with Gasteiger partial charge in [0.15, 0.2) is 6.10 Å². The van der Waals surface area contributed by atoms with Gasteiger partial charge in [-0.2, -0.15) is 0 Å². The zero-order valence-electron chi connectivity index (χ0n) is 45.6. The average molecular weight is 964 g/mol. The second-order valence-corrected chi connectivity index (χ2v) is 19.5. The Morgan fingerprint density at radius 3 is 0.913 bits per heavy atom. The summed E-state index contributed by atoms with van der Waals surface area (Å²) in [5, 5.41) is 0. The second-order valence-electron chi connectivity index (χ2n) is 19.5. The SMILES string of the molecule is CC/C=C\C/C=C\C/C=C\C/C=C\CCCCCCC(=O)O[C@H](COC(=O)CCCCCCCCCCC/C=C\C/C=C\CCCCC)COC(=O)CCCCCCCCCCCCCCCCC. The Balaban J connectivity index is 4.40. The number of carbonyl (C=O) groups excluding carboxylic acids is 3. The van der Waals surface area contributed by atoms with Gasteiger partial charge in [0.25, 0.3) is 0 Å². The van der Waals surface area contributed by atoms with E-state index in [1.807, 2.05) is 0 Å². The lowest BCUT2D eigenvalue weighted by Crippen LogP contribution is -2.30. The number of ether oxygens (including phenoxy) is 3. The minimum Gasteiger partial charge on any atom is -0.462 e. The van der Waals surface area contributed by atoms with Crippen molar-refractivity contribution in [1.29, 1.82) is 0 Å². The monoisotopic (exact) mass is 963 g/mol. The maximum Gasteiger partial charge on any atom is 0.306 e. The van der Waals surface area contributed by atoms with E-state index in [-0.39, 0.29) is 31.1 Å². The van der Waals surface area contributed by atoms with Crippen LogP contribution in [0, 0.1) is 0 Å². The number of rotatable bonds is 53. The summed E-state index contributed by atoms with van der Waals surface area (Å²) >= 11 is 0. The van der Waals surface area contributed by atoms with E-state index in [0.29, 0.717) is 19.3 Å². The summed E-state index contributed by atoms with van der Waals surface area (Å²) in [6.45, 7) is 6.51. The summed E-state index contributed by atoms with van der Waals surface area (Å²) in [5.41, 5.74) is 0. The third kappa shape index (κ3) is 55.6. The predicted molar refractivity (Wildman–Crippen MR) is 298 cm³/mol. The summed E-state index contributed by atoms with van der Waals surface area (Å²) in [6.07, 6.45) is 73.2. The lowest BCUT2D eigenvalue weighted by Gasteiger charge is -2.18. The summed E-state index contributed by atoms with van der Waals surface area (Å²) in [4.78, 5) is 38.2. The van der Waals surface area contributed by atoms with Gasteiger partial charge in [0.1, 0.15) is 13.2 Å². The molecule has 0 aromatic rings. The number of allylic oxidation sites excluding steroid dienone is 12. The highest BCUT2D eigenvalue weighted by atomic mass is 16.6. The van der Waals surface area contributed by atoms with Gasteiger partial charge in [-0.05, 0) is 89.9 Å². The molecule has 0 aromatic heterocycles. The van der Waals surface area contributed by atoms with Crippen molar-refractivity contribution in [2.45, 2.75) is 297 Å². The van der Waals surface area contributed by atoms with Crippen molar-refractivity contribution in [3.05, 3.63) is 72.9 Å². The molecular weight excluding hydrogens is 853 g/mol. The van der Waals surface area contributed by atoms with E-state index in [0.717, 1.165) is 103 Å². The third-order valence-electron chi connectivity index (χ3n) is 12.7. The topological polar surface area (TPSA) is 78.9 Å². The van der Waals surface area contributed by atoms with Crippen LogP contribution in [0.5, 0.6) is 0 Å². The molecule has 0 saturated heterocycles. The van der Waals surface area contributed by atoms with Crippen LogP contribution < -0.4 is 0 Å². The van der Waals surface area contributed by atoms with Gasteiger partial charge >= 0.3 is 17.9 Å². The zero-order chi connectivity index (χ0) is 50.0. The molecule has 0 aliphatic rings. The lowest BCUT2D eigenvalue weighted by atomic mass is 10.0. The zero-order valence-corrected chi connectivity index (χ0v) is 45.6. The first kappa shape index (κ1) is 65.8. The van der Waals surface area contributed by atoms with Crippen molar-refractivity contribution in [2.24, 2.45) is 0 Å². The van der Waals surface area contributed by atoms with E-state index in [2.05, 4.69) is 93.7 Å². The summed E-state index contributed by atoms with van der Waals surface area (Å²) < 4.78 is 16.9. The van der Waals surface area contributed by atoms with E-state index >= 15 is 0 Å². The number of unbranched alkanes of at least 4 members (excludes halogenated alkanes) is 30. The van der Waals surface area contributed by atoms with E-state index in [1.165, 1.54) is 148 Å². The summed E-state index contributed by atoms with van der Waals surface area (Å²) in [5.74, 6) is -0.901. The molecule has 0 aromatic carbocycles. The predicted octanol–water partition coefficient (Wildman–Crippen LogP) is 19.8. The minimum absolute atomic E-state index is 0.0843. The van der Waals surface area contributed by atoms with E-state index in [1.54, 1.807) is 0 Å². The fourth-order valence-electron chi connectivity index (χ4n) is 8.29. The maximum absolute atomic E-state index is 12.9. The van der Waals surface area contributed by atoms with Crippen LogP contribution in [-0.4, -0.2) is 37.2 Å². The van der Waals surface area contributed by atoms with E-state index < -0.39 is 6.10 Å². The second kappa shape index (κ2) is 57.4. The van der Waals surface area contributed by atoms with Crippen LogP contribution in [-0.2, 0) is 28.6 Å². The first-order chi connectivity index (χ1) is 34.0. The molecule has 0 bridgehead atoms. The molecule has 6 heteroatoms. The normalized spacial score (nSPS) is 12.6. The highest BCUT2D eigenvalue weighted by molar-refractivity contribution is 5.71. The molecule has 0 unspecified atom stereocenters. The molecule has 0 aliphatic heterocycles. The molecule has 6 nitrogen and oxygen atoms in total. The molecule has 1 atom stereocenters. The quantitative estimate of drug-likeness (QED) is 0.0262. The van der Waals surface area contributed by atoms with Gasteiger partial charge in [0, 0.05) is 19.3 Å². The first-order valence-electron chi connectivity index (χ1n) is 29.4. The van der Waals surface area contributed by atoms with Crippen LogP contribution in [0.15, 0.2) is 72.9 Å². The Hall–Kier alpha value is -3.15. The fraction of sp³-hybridized carbons (Fsp3) is 0.762. The van der Waals surface area contributed by atoms with E-state index in [4.69, 9.17) is 14.2 Å². The largest absolute Gasteiger partial charge is 0.462 e. The number of esters is 3. The standard InChI is InChI=1S/C63H110O6/c1-4-7-10-13-16-19-22-25-28-30-31-33-35-38-41-44-47-50-53-56-62(65)68-59-60(58-67-61(64)55-52-49-46-43-40-37-34-27-24-21-18-15-12-9-6-3)69-63(66)57-54-51-48-45-42-39-36-32-29-26-23-20-17-14-11-8-5-2/h8,11,16-17,19-20,25-26,28-29,36,39,60H,4-7,9-10,12-15,18,21-24,27,30-35,37-38,40-59H2,1-3H3/b11-8-,19-16-,20-17-,28-25-,29-26-,39-36-/t60-/m0/s1. The molecule has 69 heavy (non-hydrogen) atoms. The summed E-state index contributed by atoms with van der Waals surface area (Å²) in [6, 6.07) is 0. The minimum atomic E-state index is -0.789. The van der Waals surface area contributed by atoms with Crippen LogP contribution in [0.2, 0.25) is 0 Å². The number of hydrogen-bond donors (Lipinski definition) is 0. The molecule has 0 rings (SSSR count). The van der Waals surface area contributed by atoms with Crippen molar-refractivity contribution in [3.8, 4) is 0 Å². The van der Waals surface area contributed by atoms with Gasteiger partial charge in [-0.15, -0.1) is 0 Å². The molecule has 0 amide bonds. The lowest BCUT2D eigenvalue weighted by molar-refractivity contribution is -0.167. The van der Waals surface area contributed by atoms with Gasteiger partial charge in [0.05, 0.1) is 0 Å². The third-order valence-corrected chi connectivity index (χ3v) is 12.7. The molecule has 0 heterocycles. The van der Waals surface area contributed by atoms with Crippen molar-refractivity contribution in [1.82, 2.24) is 0 Å². The van der Waals surface area contributed by atoms with Gasteiger partial charge in [-0.1, -0.05) is 254 Å². The van der Waals surface area contributed by atoms with Gasteiger partial charge in [0.2, 0.25) is 0 Å². The Morgan fingerprint density at radius 1 is 0.304 bits per heavy atom. The average Bonchev–Trinajstić information content (AvgIpc) is 3.35. The smallest absolute Gasteiger partial charge is 0.306 e. The Bertz CT molecular complexity index is 1290. The number of hydrogen-bond acceptors (Lipinski definition) is 6. The van der Waals surface area contributed by atoms with Crippen LogP contribution in [0.4, 0.5) is 0 Å². The van der Waals surface area contributed by atoms with Crippen molar-refractivity contribution < 1.29 is 28.6 Å². The van der Waals surface area contributed by atoms with Crippen LogP contribution in [0.25, 0.3) is 0 Å². The molecular formula is C63H110O6. The van der Waals surface area contributed by atoms with Crippen molar-refractivity contribution in [2.75, 3.05) is 13.2 Å². The van der Waals surface area contributed by atoms with Gasteiger partial charge in [-0.25, -0.2) is 0 Å². The fourth-order valence-corrected chi connectivity index (χ4v) is 8.29. The highest BCUT2D eigenvalue weighted by Gasteiger charge is 2.19. The van der Waals surface area contributed by atoms with Crippen LogP contribution >= 0.6 is 0 Å². The Morgan fingerprint density at radius 2 is 0.565 bits per heavy atom. The molecule has 0 saturated carbocycles. The number of carbonyl (C=O) groups is 3. The highest BCUT2D eigenvalue weighted by Crippen LogP contribution is 2.16. The Kier molecular flexibility index (Phi) is 54.8. The summed E-state index contributed by atoms with van der Waals surface area (Å²) in [7, 11) is 0. The molecule has 0 N–H and O–H groups in total.